The van der Waals surface area contributed by atoms with Crippen LogP contribution in [0.3, 0.4) is 0 Å². The molecule has 1 aliphatic carbocycles. The number of halogens is 1. The standard InChI is InChI=1S/C30H31FN2O3S/c1-20-18-24(21(2)33(20)26-12-8-23(9-13-26)22-6-4-3-5-7-22)19-28-29(34)32(30(35)37-28)16-17-36-27-14-10-25(31)11-15-27/h8-15,18-19,22H,3-7,16-17H2,1-2H3/b28-19-. The Balaban J connectivity index is 1.28. The van der Waals surface area contributed by atoms with Gasteiger partial charge in [0.05, 0.1) is 11.4 Å². The largest absolute Gasteiger partial charge is 0.492 e. The summed E-state index contributed by atoms with van der Waals surface area (Å²) in [6.45, 7) is 4.36. The summed E-state index contributed by atoms with van der Waals surface area (Å²) in [5, 5.41) is -0.314. The van der Waals surface area contributed by atoms with Crippen LogP contribution in [0, 0.1) is 19.7 Å². The first kappa shape index (κ1) is 25.3. The molecule has 0 unspecified atom stereocenters. The molecule has 192 valence electrons. The quantitative estimate of drug-likeness (QED) is 0.306. The lowest BCUT2D eigenvalue weighted by Crippen LogP contribution is -2.32. The molecule has 7 heteroatoms. The predicted octanol–water partition coefficient (Wildman–Crippen LogP) is 7.40. The average molecular weight is 519 g/mol. The minimum absolute atomic E-state index is 0.131. The van der Waals surface area contributed by atoms with Crippen molar-refractivity contribution < 1.29 is 18.7 Å². The van der Waals surface area contributed by atoms with Gasteiger partial charge in [0.2, 0.25) is 0 Å². The van der Waals surface area contributed by atoms with E-state index in [2.05, 4.69) is 41.8 Å². The summed E-state index contributed by atoms with van der Waals surface area (Å²) in [5.41, 5.74) is 5.53. The van der Waals surface area contributed by atoms with E-state index in [-0.39, 0.29) is 30.1 Å². The van der Waals surface area contributed by atoms with Gasteiger partial charge in [0.15, 0.2) is 0 Å². The molecule has 1 saturated carbocycles. The Kier molecular flexibility index (Phi) is 7.51. The number of carbonyl (C=O) groups excluding carboxylic acids is 2. The van der Waals surface area contributed by atoms with Gasteiger partial charge in [-0.15, -0.1) is 0 Å². The lowest BCUT2D eigenvalue weighted by molar-refractivity contribution is -0.123. The van der Waals surface area contributed by atoms with E-state index in [1.807, 2.05) is 6.92 Å². The van der Waals surface area contributed by atoms with Crippen molar-refractivity contribution in [2.24, 2.45) is 0 Å². The van der Waals surface area contributed by atoms with Crippen molar-refractivity contribution in [2.45, 2.75) is 51.9 Å². The molecular formula is C30H31FN2O3S. The van der Waals surface area contributed by atoms with Crippen molar-refractivity contribution in [3.8, 4) is 11.4 Å². The highest BCUT2D eigenvalue weighted by Crippen LogP contribution is 2.35. The predicted molar refractivity (Wildman–Crippen MR) is 146 cm³/mol. The normalized spacial score (nSPS) is 17.7. The number of thioether (sulfide) groups is 1. The first-order valence-electron chi connectivity index (χ1n) is 12.8. The number of aromatic nitrogens is 1. The highest BCUT2D eigenvalue weighted by molar-refractivity contribution is 8.18. The van der Waals surface area contributed by atoms with Crippen LogP contribution in [0.15, 0.2) is 59.5 Å². The van der Waals surface area contributed by atoms with Gasteiger partial charge in [0.25, 0.3) is 11.1 Å². The molecule has 2 aromatic carbocycles. The topological polar surface area (TPSA) is 51.5 Å². The number of imide groups is 1. The van der Waals surface area contributed by atoms with E-state index in [0.29, 0.717) is 16.6 Å². The summed E-state index contributed by atoms with van der Waals surface area (Å²) in [6.07, 6.45) is 8.34. The minimum Gasteiger partial charge on any atom is -0.492 e. The molecule has 2 aliphatic rings. The lowest BCUT2D eigenvalue weighted by Gasteiger charge is -2.22. The van der Waals surface area contributed by atoms with Gasteiger partial charge in [-0.1, -0.05) is 31.4 Å². The third kappa shape index (κ3) is 5.52. The Morgan fingerprint density at radius 2 is 1.70 bits per heavy atom. The van der Waals surface area contributed by atoms with E-state index in [4.69, 9.17) is 4.74 Å². The minimum atomic E-state index is -0.348. The summed E-state index contributed by atoms with van der Waals surface area (Å²) in [7, 11) is 0. The van der Waals surface area contributed by atoms with Crippen LogP contribution in [0.25, 0.3) is 11.8 Å². The summed E-state index contributed by atoms with van der Waals surface area (Å²) in [5.74, 6) is 0.489. The Morgan fingerprint density at radius 3 is 2.41 bits per heavy atom. The fourth-order valence-electron chi connectivity index (χ4n) is 5.28. The molecule has 1 aliphatic heterocycles. The van der Waals surface area contributed by atoms with Crippen LogP contribution in [0.4, 0.5) is 9.18 Å². The van der Waals surface area contributed by atoms with Gasteiger partial charge in [-0.3, -0.25) is 14.5 Å². The molecule has 0 radical (unpaired) electrons. The van der Waals surface area contributed by atoms with Crippen molar-refractivity contribution >= 4 is 29.0 Å². The van der Waals surface area contributed by atoms with Gasteiger partial charge in [-0.25, -0.2) is 4.39 Å². The number of hydrogen-bond donors (Lipinski definition) is 0. The lowest BCUT2D eigenvalue weighted by atomic mass is 9.84. The summed E-state index contributed by atoms with van der Waals surface area (Å²) >= 11 is 0.946. The molecule has 0 N–H and O–H groups in total. The van der Waals surface area contributed by atoms with Crippen molar-refractivity contribution in [1.29, 1.82) is 0 Å². The number of benzene rings is 2. The number of ether oxygens (including phenoxy) is 1. The van der Waals surface area contributed by atoms with E-state index >= 15 is 0 Å². The smallest absolute Gasteiger partial charge is 0.293 e. The monoisotopic (exact) mass is 518 g/mol. The molecule has 2 fully saturated rings. The Bertz CT molecular complexity index is 1320. The molecule has 5 nitrogen and oxygen atoms in total. The molecule has 0 atom stereocenters. The number of amides is 2. The SMILES string of the molecule is Cc1cc(/C=C2\SC(=O)N(CCOc3ccc(F)cc3)C2=O)c(C)n1-c1ccc(C2CCCCC2)cc1. The van der Waals surface area contributed by atoms with E-state index < -0.39 is 0 Å². The van der Waals surface area contributed by atoms with Gasteiger partial charge in [0.1, 0.15) is 18.2 Å². The van der Waals surface area contributed by atoms with Crippen molar-refractivity contribution in [1.82, 2.24) is 9.47 Å². The molecule has 0 bridgehead atoms. The molecular weight excluding hydrogens is 487 g/mol. The third-order valence-electron chi connectivity index (χ3n) is 7.26. The molecule has 3 aromatic rings. The van der Waals surface area contributed by atoms with Crippen LogP contribution in [0.5, 0.6) is 5.75 Å². The Labute approximate surface area is 221 Å². The maximum Gasteiger partial charge on any atom is 0.293 e. The fraction of sp³-hybridized carbons (Fsp3) is 0.333. The van der Waals surface area contributed by atoms with Crippen molar-refractivity contribution in [3.05, 3.63) is 87.8 Å². The van der Waals surface area contributed by atoms with Gasteiger partial charge >= 0.3 is 0 Å². The zero-order chi connectivity index (χ0) is 25.9. The molecule has 37 heavy (non-hydrogen) atoms. The number of aryl methyl sites for hydroxylation is 1. The Morgan fingerprint density at radius 1 is 1.00 bits per heavy atom. The van der Waals surface area contributed by atoms with Gasteiger partial charge in [-0.2, -0.15) is 0 Å². The molecule has 5 rings (SSSR count). The molecule has 1 saturated heterocycles. The first-order chi connectivity index (χ1) is 17.9. The van der Waals surface area contributed by atoms with E-state index in [9.17, 15) is 14.0 Å². The average Bonchev–Trinajstić information content (AvgIpc) is 3.34. The zero-order valence-corrected chi connectivity index (χ0v) is 22.0. The van der Waals surface area contributed by atoms with Crippen LogP contribution < -0.4 is 4.74 Å². The summed E-state index contributed by atoms with van der Waals surface area (Å²) < 4.78 is 20.8. The maximum absolute atomic E-state index is 13.1. The van der Waals surface area contributed by atoms with Gasteiger partial charge in [-0.05, 0) is 104 Å². The second kappa shape index (κ2) is 11.0. The second-order valence-electron chi connectivity index (χ2n) is 9.72. The number of nitrogens with zero attached hydrogens (tertiary/aromatic N) is 2. The first-order valence-corrected chi connectivity index (χ1v) is 13.7. The van der Waals surface area contributed by atoms with Crippen LogP contribution in [-0.4, -0.2) is 33.8 Å². The molecule has 2 amide bonds. The summed E-state index contributed by atoms with van der Waals surface area (Å²) in [4.78, 5) is 27.1. The van der Waals surface area contributed by atoms with Crippen LogP contribution in [-0.2, 0) is 4.79 Å². The Hall–Kier alpha value is -3.32. The van der Waals surface area contributed by atoms with Crippen molar-refractivity contribution in [2.75, 3.05) is 13.2 Å². The van der Waals surface area contributed by atoms with Crippen LogP contribution in [0.1, 0.15) is 60.5 Å². The van der Waals surface area contributed by atoms with Crippen LogP contribution in [0.2, 0.25) is 0 Å². The van der Waals surface area contributed by atoms with Gasteiger partial charge < -0.3 is 9.30 Å². The highest BCUT2D eigenvalue weighted by Gasteiger charge is 2.35. The third-order valence-corrected chi connectivity index (χ3v) is 8.16. The van der Waals surface area contributed by atoms with E-state index in [1.165, 1.54) is 66.8 Å². The number of hydrogen-bond acceptors (Lipinski definition) is 4. The summed E-state index contributed by atoms with van der Waals surface area (Å²) in [6, 6.07) is 16.6. The zero-order valence-electron chi connectivity index (χ0n) is 21.2. The second-order valence-corrected chi connectivity index (χ2v) is 10.7. The van der Waals surface area contributed by atoms with Crippen molar-refractivity contribution in [3.63, 3.8) is 0 Å². The molecule has 2 heterocycles. The van der Waals surface area contributed by atoms with Crippen LogP contribution >= 0.6 is 11.8 Å². The van der Waals surface area contributed by atoms with E-state index in [0.717, 1.165) is 34.4 Å². The number of rotatable bonds is 7. The van der Waals surface area contributed by atoms with Gasteiger partial charge in [0, 0.05) is 17.1 Å². The fourth-order valence-corrected chi connectivity index (χ4v) is 6.14. The molecule has 0 spiro atoms. The number of carbonyl (C=O) groups is 2. The van der Waals surface area contributed by atoms with E-state index in [1.54, 1.807) is 6.08 Å². The maximum atomic E-state index is 13.1. The molecule has 1 aromatic heterocycles. The highest BCUT2D eigenvalue weighted by atomic mass is 32.2.